The first-order chi connectivity index (χ1) is 16.9. The molecule has 35 heavy (non-hydrogen) atoms. The van der Waals surface area contributed by atoms with E-state index in [9.17, 15) is 19.1 Å². The van der Waals surface area contributed by atoms with E-state index in [1.807, 2.05) is 11.5 Å². The molecule has 0 unspecified atom stereocenters. The summed E-state index contributed by atoms with van der Waals surface area (Å²) in [5.74, 6) is -0.753. The summed E-state index contributed by atoms with van der Waals surface area (Å²) in [4.78, 5) is 36.4. The van der Waals surface area contributed by atoms with Crippen molar-refractivity contribution in [1.29, 1.82) is 0 Å². The number of aromatic amines is 1. The maximum atomic E-state index is 13.2. The van der Waals surface area contributed by atoms with E-state index in [0.29, 0.717) is 40.9 Å². The van der Waals surface area contributed by atoms with Crippen LogP contribution in [-0.2, 0) is 6.54 Å². The van der Waals surface area contributed by atoms with Crippen LogP contribution in [0.15, 0.2) is 65.7 Å². The molecule has 176 valence electrons. The average Bonchev–Trinajstić information content (AvgIpc) is 3.24. The predicted molar refractivity (Wildman–Crippen MR) is 129 cm³/mol. The van der Waals surface area contributed by atoms with Crippen molar-refractivity contribution in [2.75, 3.05) is 6.61 Å². The van der Waals surface area contributed by atoms with Crippen LogP contribution in [0.1, 0.15) is 29.3 Å². The molecule has 2 heterocycles. The summed E-state index contributed by atoms with van der Waals surface area (Å²) in [7, 11) is 0. The van der Waals surface area contributed by atoms with E-state index in [1.165, 1.54) is 24.3 Å². The number of carboxylic acids is 1. The van der Waals surface area contributed by atoms with Crippen molar-refractivity contribution in [1.82, 2.24) is 19.5 Å². The molecule has 5 aromatic rings. The zero-order valence-electron chi connectivity index (χ0n) is 18.8. The Morgan fingerprint density at radius 3 is 2.66 bits per heavy atom. The molecule has 0 aliphatic heterocycles. The van der Waals surface area contributed by atoms with Gasteiger partial charge in [-0.2, -0.15) is 0 Å². The fraction of sp³-hybridized carbons (Fsp3) is 0.154. The monoisotopic (exact) mass is 472 g/mol. The molecule has 0 aliphatic carbocycles. The SMILES string of the molecule is CCCOc1ccc(C(=O)O)cc1-c1nc2cc3ncn(Cc4ccc(F)cc4)c3cc2c(=O)[nH]1. The van der Waals surface area contributed by atoms with Gasteiger partial charge in [0.25, 0.3) is 5.56 Å². The van der Waals surface area contributed by atoms with Gasteiger partial charge in [0, 0.05) is 6.54 Å². The number of aromatic carboxylic acids is 1. The summed E-state index contributed by atoms with van der Waals surface area (Å²) in [6.07, 6.45) is 2.43. The normalized spacial score (nSPS) is 11.3. The lowest BCUT2D eigenvalue weighted by atomic mass is 10.1. The van der Waals surface area contributed by atoms with Gasteiger partial charge in [-0.3, -0.25) is 4.79 Å². The molecule has 0 atom stereocenters. The Hall–Kier alpha value is -4.53. The van der Waals surface area contributed by atoms with Crippen molar-refractivity contribution in [3.8, 4) is 17.1 Å². The highest BCUT2D eigenvalue weighted by Crippen LogP contribution is 2.30. The van der Waals surface area contributed by atoms with E-state index in [4.69, 9.17) is 4.74 Å². The van der Waals surface area contributed by atoms with Crippen LogP contribution < -0.4 is 10.3 Å². The van der Waals surface area contributed by atoms with Crippen LogP contribution in [0.4, 0.5) is 4.39 Å². The minimum Gasteiger partial charge on any atom is -0.493 e. The number of imidazole rings is 1. The van der Waals surface area contributed by atoms with Crippen molar-refractivity contribution in [3.63, 3.8) is 0 Å². The number of nitrogens with zero attached hydrogens (tertiary/aromatic N) is 3. The molecule has 0 spiro atoms. The molecule has 5 rings (SSSR count). The van der Waals surface area contributed by atoms with Crippen LogP contribution in [0, 0.1) is 5.82 Å². The first kappa shape index (κ1) is 22.3. The number of hydrogen-bond donors (Lipinski definition) is 2. The van der Waals surface area contributed by atoms with E-state index in [-0.39, 0.29) is 22.8 Å². The zero-order valence-corrected chi connectivity index (χ0v) is 18.8. The van der Waals surface area contributed by atoms with Crippen molar-refractivity contribution in [2.45, 2.75) is 19.9 Å². The Balaban J connectivity index is 1.61. The van der Waals surface area contributed by atoms with Gasteiger partial charge in [0.05, 0.1) is 46.0 Å². The van der Waals surface area contributed by atoms with Gasteiger partial charge >= 0.3 is 5.97 Å². The molecule has 0 amide bonds. The van der Waals surface area contributed by atoms with Crippen LogP contribution in [0.25, 0.3) is 33.3 Å². The number of fused-ring (bicyclic) bond motifs is 2. The largest absolute Gasteiger partial charge is 0.493 e. The second-order valence-corrected chi connectivity index (χ2v) is 8.14. The Labute approximate surface area is 198 Å². The fourth-order valence-corrected chi connectivity index (χ4v) is 3.92. The Bertz CT molecular complexity index is 1620. The van der Waals surface area contributed by atoms with Gasteiger partial charge < -0.3 is 19.4 Å². The number of carbonyl (C=O) groups is 1. The second-order valence-electron chi connectivity index (χ2n) is 8.14. The third-order valence-corrected chi connectivity index (χ3v) is 5.66. The van der Waals surface area contributed by atoms with Crippen LogP contribution in [0.2, 0.25) is 0 Å². The van der Waals surface area contributed by atoms with E-state index >= 15 is 0 Å². The van der Waals surface area contributed by atoms with Gasteiger partial charge in [-0.15, -0.1) is 0 Å². The summed E-state index contributed by atoms with van der Waals surface area (Å²) in [6.45, 7) is 2.86. The van der Waals surface area contributed by atoms with Crippen LogP contribution in [-0.4, -0.2) is 37.2 Å². The van der Waals surface area contributed by atoms with E-state index in [1.54, 1.807) is 36.7 Å². The first-order valence-electron chi connectivity index (χ1n) is 11.1. The number of halogens is 1. The summed E-state index contributed by atoms with van der Waals surface area (Å²) >= 11 is 0. The second kappa shape index (κ2) is 9.02. The highest BCUT2D eigenvalue weighted by Gasteiger charge is 2.16. The van der Waals surface area contributed by atoms with Crippen molar-refractivity contribution in [2.24, 2.45) is 0 Å². The predicted octanol–water partition coefficient (Wildman–Crippen LogP) is 4.61. The van der Waals surface area contributed by atoms with Crippen molar-refractivity contribution >= 4 is 27.9 Å². The number of benzene rings is 3. The number of nitrogens with one attached hydrogen (secondary N) is 1. The minimum atomic E-state index is -1.09. The van der Waals surface area contributed by atoms with Crippen LogP contribution >= 0.6 is 0 Å². The van der Waals surface area contributed by atoms with Crippen LogP contribution in [0.3, 0.4) is 0 Å². The molecule has 2 aromatic heterocycles. The average molecular weight is 472 g/mol. The van der Waals surface area contributed by atoms with E-state index in [0.717, 1.165) is 17.5 Å². The Kier molecular flexibility index (Phi) is 5.74. The molecule has 0 saturated heterocycles. The van der Waals surface area contributed by atoms with Gasteiger partial charge in [0.15, 0.2) is 0 Å². The molecule has 0 fully saturated rings. The summed E-state index contributed by atoms with van der Waals surface area (Å²) in [6, 6.07) is 14.1. The quantitative estimate of drug-likeness (QED) is 0.358. The van der Waals surface area contributed by atoms with Crippen molar-refractivity contribution < 1.29 is 19.0 Å². The maximum Gasteiger partial charge on any atom is 0.335 e. The first-order valence-corrected chi connectivity index (χ1v) is 11.1. The smallest absolute Gasteiger partial charge is 0.335 e. The topological polar surface area (TPSA) is 110 Å². The highest BCUT2D eigenvalue weighted by atomic mass is 19.1. The lowest BCUT2D eigenvalue weighted by Gasteiger charge is -2.12. The number of H-pyrrole nitrogens is 1. The van der Waals surface area contributed by atoms with Crippen LogP contribution in [0.5, 0.6) is 5.75 Å². The molecule has 0 bridgehead atoms. The third-order valence-electron chi connectivity index (χ3n) is 5.66. The molecular formula is C26H21FN4O4. The lowest BCUT2D eigenvalue weighted by Crippen LogP contribution is -2.11. The standard InChI is InChI=1S/C26H21FN4O4/c1-2-9-35-23-8-5-16(26(33)34)10-19(23)24-29-20-12-21-22(11-18(20)25(32)30-24)31(14-28-21)13-15-3-6-17(27)7-4-15/h3-8,10-12,14H,2,9,13H2,1H3,(H,33,34)(H,29,30,32). The molecular weight excluding hydrogens is 451 g/mol. The molecule has 2 N–H and O–H groups in total. The zero-order chi connectivity index (χ0) is 24.5. The number of ether oxygens (including phenoxy) is 1. The number of hydrogen-bond acceptors (Lipinski definition) is 5. The van der Waals surface area contributed by atoms with Gasteiger partial charge in [-0.1, -0.05) is 19.1 Å². The highest BCUT2D eigenvalue weighted by molar-refractivity contribution is 5.94. The van der Waals surface area contributed by atoms with E-state index in [2.05, 4.69) is 15.0 Å². The molecule has 0 saturated carbocycles. The molecule has 9 heteroatoms. The molecule has 0 aliphatic rings. The van der Waals surface area contributed by atoms with Gasteiger partial charge in [0.2, 0.25) is 0 Å². The van der Waals surface area contributed by atoms with Crippen molar-refractivity contribution in [3.05, 3.63) is 88.2 Å². The molecule has 3 aromatic carbocycles. The summed E-state index contributed by atoms with van der Waals surface area (Å²) in [5, 5.41) is 9.80. The lowest BCUT2D eigenvalue weighted by molar-refractivity contribution is 0.0697. The third kappa shape index (κ3) is 4.35. The number of carboxylic acid groups (broad SMARTS) is 1. The Morgan fingerprint density at radius 2 is 1.91 bits per heavy atom. The number of rotatable bonds is 7. The minimum absolute atomic E-state index is 0.0570. The van der Waals surface area contributed by atoms with E-state index < -0.39 is 5.97 Å². The van der Waals surface area contributed by atoms with Gasteiger partial charge in [0.1, 0.15) is 17.4 Å². The fourth-order valence-electron chi connectivity index (χ4n) is 3.92. The number of aromatic nitrogens is 4. The molecule has 8 nitrogen and oxygen atoms in total. The van der Waals surface area contributed by atoms with Gasteiger partial charge in [-0.05, 0) is 54.4 Å². The molecule has 0 radical (unpaired) electrons. The maximum absolute atomic E-state index is 13.2. The van der Waals surface area contributed by atoms with Gasteiger partial charge in [-0.25, -0.2) is 19.2 Å². The summed E-state index contributed by atoms with van der Waals surface area (Å²) < 4.78 is 20.9. The Morgan fingerprint density at radius 1 is 1.11 bits per heavy atom. The summed E-state index contributed by atoms with van der Waals surface area (Å²) in [5.41, 5.74) is 2.77.